The van der Waals surface area contributed by atoms with Crippen LogP contribution in [0, 0.1) is 11.8 Å². The fourth-order valence-corrected chi connectivity index (χ4v) is 2.63. The molecule has 0 aromatic carbocycles. The van der Waals surface area contributed by atoms with Crippen molar-refractivity contribution in [3.8, 4) is 0 Å². The highest BCUT2D eigenvalue weighted by atomic mass is 19.1. The van der Waals surface area contributed by atoms with E-state index in [0.29, 0.717) is 0 Å². The number of hydrogen-bond acceptors (Lipinski definition) is 2. The zero-order valence-corrected chi connectivity index (χ0v) is 9.75. The number of halogens is 1. The molecule has 2 rings (SSSR count). The van der Waals surface area contributed by atoms with Crippen LogP contribution in [-0.4, -0.2) is 43.7 Å². The van der Waals surface area contributed by atoms with Gasteiger partial charge in [0.25, 0.3) is 0 Å². The van der Waals surface area contributed by atoms with Crippen molar-refractivity contribution in [1.82, 2.24) is 10.2 Å². The lowest BCUT2D eigenvalue weighted by Crippen LogP contribution is -2.46. The SMILES string of the molecule is O=C([C@@H]1CCCNC1)N1CCC(CF)CC1. The third kappa shape index (κ3) is 2.73. The quantitative estimate of drug-likeness (QED) is 0.770. The van der Waals surface area contributed by atoms with Gasteiger partial charge in [-0.3, -0.25) is 9.18 Å². The van der Waals surface area contributed by atoms with Crippen molar-refractivity contribution in [2.24, 2.45) is 11.8 Å². The standard InChI is InChI=1S/C12H21FN2O/c13-8-10-3-6-15(7-4-10)12(16)11-2-1-5-14-9-11/h10-11,14H,1-9H2/t11-/m1/s1. The van der Waals surface area contributed by atoms with Crippen LogP contribution in [0.5, 0.6) is 0 Å². The van der Waals surface area contributed by atoms with Crippen molar-refractivity contribution in [1.29, 1.82) is 0 Å². The molecule has 2 fully saturated rings. The molecule has 1 N–H and O–H groups in total. The van der Waals surface area contributed by atoms with Crippen LogP contribution >= 0.6 is 0 Å². The van der Waals surface area contributed by atoms with E-state index in [1.54, 1.807) is 0 Å². The topological polar surface area (TPSA) is 32.3 Å². The number of hydrogen-bond donors (Lipinski definition) is 1. The Labute approximate surface area is 96.4 Å². The molecule has 0 radical (unpaired) electrons. The summed E-state index contributed by atoms with van der Waals surface area (Å²) in [5, 5.41) is 3.27. The second kappa shape index (κ2) is 5.62. The maximum Gasteiger partial charge on any atom is 0.226 e. The minimum atomic E-state index is -0.229. The molecule has 2 heterocycles. The van der Waals surface area contributed by atoms with E-state index in [9.17, 15) is 9.18 Å². The van der Waals surface area contributed by atoms with Crippen LogP contribution in [0.15, 0.2) is 0 Å². The van der Waals surface area contributed by atoms with Crippen LogP contribution in [0.2, 0.25) is 0 Å². The van der Waals surface area contributed by atoms with E-state index in [0.717, 1.165) is 51.9 Å². The van der Waals surface area contributed by atoms with Crippen molar-refractivity contribution in [2.45, 2.75) is 25.7 Å². The Morgan fingerprint density at radius 1 is 1.31 bits per heavy atom. The number of nitrogens with one attached hydrogen (secondary N) is 1. The summed E-state index contributed by atoms with van der Waals surface area (Å²) >= 11 is 0. The van der Waals surface area contributed by atoms with E-state index in [1.807, 2.05) is 4.90 Å². The summed E-state index contributed by atoms with van der Waals surface area (Å²) in [6.07, 6.45) is 3.77. The second-order valence-corrected chi connectivity index (χ2v) is 4.97. The maximum absolute atomic E-state index is 12.4. The summed E-state index contributed by atoms with van der Waals surface area (Å²) in [7, 11) is 0. The third-order valence-electron chi connectivity index (χ3n) is 3.79. The lowest BCUT2D eigenvalue weighted by Gasteiger charge is -2.34. The van der Waals surface area contributed by atoms with Gasteiger partial charge in [0.1, 0.15) is 0 Å². The fraction of sp³-hybridized carbons (Fsp3) is 0.917. The van der Waals surface area contributed by atoms with Gasteiger partial charge in [0.05, 0.1) is 12.6 Å². The number of alkyl halides is 1. The Morgan fingerprint density at radius 2 is 2.06 bits per heavy atom. The van der Waals surface area contributed by atoms with Crippen molar-refractivity contribution in [2.75, 3.05) is 32.9 Å². The minimum absolute atomic E-state index is 0.163. The van der Waals surface area contributed by atoms with Crippen LogP contribution in [0.4, 0.5) is 4.39 Å². The van der Waals surface area contributed by atoms with Gasteiger partial charge in [0.2, 0.25) is 5.91 Å². The van der Waals surface area contributed by atoms with Crippen LogP contribution in [-0.2, 0) is 4.79 Å². The second-order valence-electron chi connectivity index (χ2n) is 4.97. The van der Waals surface area contributed by atoms with Crippen molar-refractivity contribution in [3.05, 3.63) is 0 Å². The molecular weight excluding hydrogens is 207 g/mol. The van der Waals surface area contributed by atoms with E-state index in [1.165, 1.54) is 0 Å². The molecule has 1 atom stereocenters. The molecule has 3 nitrogen and oxygen atoms in total. The molecule has 0 aliphatic carbocycles. The van der Waals surface area contributed by atoms with Gasteiger partial charge in [-0.2, -0.15) is 0 Å². The fourth-order valence-electron chi connectivity index (χ4n) is 2.63. The van der Waals surface area contributed by atoms with Gasteiger partial charge in [-0.15, -0.1) is 0 Å². The van der Waals surface area contributed by atoms with Crippen molar-refractivity contribution >= 4 is 5.91 Å². The summed E-state index contributed by atoms with van der Waals surface area (Å²) < 4.78 is 12.4. The highest BCUT2D eigenvalue weighted by molar-refractivity contribution is 5.79. The highest BCUT2D eigenvalue weighted by Crippen LogP contribution is 2.21. The Bertz CT molecular complexity index is 233. The maximum atomic E-state index is 12.4. The van der Waals surface area contributed by atoms with Gasteiger partial charge in [-0.25, -0.2) is 0 Å². The van der Waals surface area contributed by atoms with E-state index < -0.39 is 0 Å². The average molecular weight is 228 g/mol. The molecular formula is C12H21FN2O. The van der Waals surface area contributed by atoms with E-state index in [2.05, 4.69) is 5.32 Å². The molecule has 2 saturated heterocycles. The minimum Gasteiger partial charge on any atom is -0.342 e. The van der Waals surface area contributed by atoms with E-state index in [-0.39, 0.29) is 24.4 Å². The molecule has 0 aromatic heterocycles. The summed E-state index contributed by atoms with van der Waals surface area (Å²) in [5.41, 5.74) is 0. The number of amides is 1. The van der Waals surface area contributed by atoms with Crippen molar-refractivity contribution in [3.63, 3.8) is 0 Å². The monoisotopic (exact) mass is 228 g/mol. The molecule has 92 valence electrons. The molecule has 2 aliphatic rings. The van der Waals surface area contributed by atoms with E-state index >= 15 is 0 Å². The number of likely N-dealkylation sites (tertiary alicyclic amines) is 1. The predicted molar refractivity (Wildman–Crippen MR) is 60.9 cm³/mol. The van der Waals surface area contributed by atoms with Gasteiger partial charge in [0, 0.05) is 19.6 Å². The smallest absolute Gasteiger partial charge is 0.226 e. The molecule has 4 heteroatoms. The Kier molecular flexibility index (Phi) is 4.16. The van der Waals surface area contributed by atoms with Gasteiger partial charge in [-0.1, -0.05) is 0 Å². The van der Waals surface area contributed by atoms with Crippen molar-refractivity contribution < 1.29 is 9.18 Å². The predicted octanol–water partition coefficient (Wildman–Crippen LogP) is 1.19. The molecule has 0 bridgehead atoms. The summed E-state index contributed by atoms with van der Waals surface area (Å²) in [6.45, 7) is 3.14. The zero-order chi connectivity index (χ0) is 11.4. The Hall–Kier alpha value is -0.640. The van der Waals surface area contributed by atoms with E-state index in [4.69, 9.17) is 0 Å². The van der Waals surface area contributed by atoms with Gasteiger partial charge in [-0.05, 0) is 38.1 Å². The van der Waals surface area contributed by atoms with Crippen LogP contribution in [0.1, 0.15) is 25.7 Å². The first kappa shape index (κ1) is 11.8. The number of rotatable bonds is 2. The molecule has 0 spiro atoms. The van der Waals surface area contributed by atoms with Gasteiger partial charge in [0.15, 0.2) is 0 Å². The summed E-state index contributed by atoms with van der Waals surface area (Å²) in [4.78, 5) is 14.1. The summed E-state index contributed by atoms with van der Waals surface area (Å²) in [6, 6.07) is 0. The average Bonchev–Trinajstić information content (AvgIpc) is 2.39. The first-order chi connectivity index (χ1) is 7.81. The molecule has 1 amide bonds. The lowest BCUT2D eigenvalue weighted by molar-refractivity contribution is -0.137. The lowest BCUT2D eigenvalue weighted by atomic mass is 9.94. The molecule has 0 aromatic rings. The molecule has 0 unspecified atom stereocenters. The number of carbonyl (C=O) groups is 1. The molecule has 0 saturated carbocycles. The number of carbonyl (C=O) groups excluding carboxylic acids is 1. The van der Waals surface area contributed by atoms with Crippen LogP contribution in [0.3, 0.4) is 0 Å². The Balaban J connectivity index is 1.81. The summed E-state index contributed by atoms with van der Waals surface area (Å²) in [5.74, 6) is 0.633. The number of nitrogens with zero attached hydrogens (tertiary/aromatic N) is 1. The largest absolute Gasteiger partial charge is 0.342 e. The first-order valence-corrected chi connectivity index (χ1v) is 6.36. The molecule has 2 aliphatic heterocycles. The molecule has 16 heavy (non-hydrogen) atoms. The van der Waals surface area contributed by atoms with Gasteiger partial charge >= 0.3 is 0 Å². The highest BCUT2D eigenvalue weighted by Gasteiger charge is 2.28. The third-order valence-corrected chi connectivity index (χ3v) is 3.79. The Morgan fingerprint density at radius 3 is 2.62 bits per heavy atom. The zero-order valence-electron chi connectivity index (χ0n) is 9.75. The van der Waals surface area contributed by atoms with Crippen LogP contribution < -0.4 is 5.32 Å². The van der Waals surface area contributed by atoms with Gasteiger partial charge < -0.3 is 10.2 Å². The normalized spacial score (nSPS) is 28.1. The first-order valence-electron chi connectivity index (χ1n) is 6.36. The number of piperidine rings is 2. The van der Waals surface area contributed by atoms with Crippen LogP contribution in [0.25, 0.3) is 0 Å².